The number of urea groups is 1. The van der Waals surface area contributed by atoms with Crippen LogP contribution in [0.2, 0.25) is 5.02 Å². The number of nitrogens with one attached hydrogen (secondary N) is 2. The largest absolute Gasteiger partial charge is 0.494 e. The zero-order valence-electron chi connectivity index (χ0n) is 22.2. The molecule has 0 saturated heterocycles. The number of carbonyl (C=O) groups is 2. The molecule has 0 unspecified atom stereocenters. The number of hydrogen-bond acceptors (Lipinski definition) is 4. The fraction of sp³-hybridized carbons (Fsp3) is 0.393. The van der Waals surface area contributed by atoms with Crippen LogP contribution in [0.1, 0.15) is 53.2 Å². The fourth-order valence-corrected chi connectivity index (χ4v) is 3.82. The predicted octanol–water partition coefficient (Wildman–Crippen LogP) is 6.49. The van der Waals surface area contributed by atoms with Gasteiger partial charge in [-0.1, -0.05) is 57.8 Å². The van der Waals surface area contributed by atoms with Crippen LogP contribution in [0.5, 0.6) is 5.75 Å². The second-order valence-electron chi connectivity index (χ2n) is 9.74. The maximum absolute atomic E-state index is 13.2. The lowest BCUT2D eigenvalue weighted by molar-refractivity contribution is -0.116. The number of benzene rings is 2. The molecule has 198 valence electrons. The molecule has 0 radical (unpaired) electrons. The van der Waals surface area contributed by atoms with Crippen LogP contribution in [0.4, 0.5) is 16.3 Å². The highest BCUT2D eigenvalue weighted by atomic mass is 35.5. The van der Waals surface area contributed by atoms with Crippen LogP contribution in [0.25, 0.3) is 5.69 Å². The van der Waals surface area contributed by atoms with Gasteiger partial charge in [0.05, 0.1) is 23.0 Å². The van der Waals surface area contributed by atoms with Crippen molar-refractivity contribution in [2.75, 3.05) is 30.3 Å². The van der Waals surface area contributed by atoms with Crippen molar-refractivity contribution in [2.24, 2.45) is 0 Å². The van der Waals surface area contributed by atoms with E-state index in [1.165, 1.54) is 4.90 Å². The second-order valence-corrected chi connectivity index (χ2v) is 10.1. The first kappa shape index (κ1) is 28.1. The van der Waals surface area contributed by atoms with Crippen LogP contribution in [-0.4, -0.2) is 46.3 Å². The minimum Gasteiger partial charge on any atom is -0.494 e. The highest BCUT2D eigenvalue weighted by molar-refractivity contribution is 6.32. The zero-order valence-corrected chi connectivity index (χ0v) is 22.9. The molecular formula is C28H36ClN5O3. The average molecular weight is 526 g/mol. The van der Waals surface area contributed by atoms with Gasteiger partial charge in [0.15, 0.2) is 0 Å². The van der Waals surface area contributed by atoms with Crippen molar-refractivity contribution in [2.45, 2.75) is 52.9 Å². The first-order chi connectivity index (χ1) is 17.6. The second kappa shape index (κ2) is 12.6. The van der Waals surface area contributed by atoms with Gasteiger partial charge in [0.1, 0.15) is 18.1 Å². The van der Waals surface area contributed by atoms with Crippen molar-refractivity contribution in [1.82, 2.24) is 14.7 Å². The van der Waals surface area contributed by atoms with Crippen molar-refractivity contribution in [3.63, 3.8) is 0 Å². The summed E-state index contributed by atoms with van der Waals surface area (Å²) in [5, 5.41) is 11.0. The molecule has 0 fully saturated rings. The van der Waals surface area contributed by atoms with Crippen LogP contribution >= 0.6 is 11.6 Å². The number of halogens is 1. The van der Waals surface area contributed by atoms with Crippen LogP contribution in [-0.2, 0) is 10.2 Å². The first-order valence-corrected chi connectivity index (χ1v) is 12.9. The summed E-state index contributed by atoms with van der Waals surface area (Å²) in [6.07, 6.45) is 1.67. The standard InChI is InChI=1S/C28H36ClN5O3/c1-6-8-17-33(27(36)30-20-13-15-21(16-14-20)37-7-2)19-26(35)31-25-18-24(28(3,4)5)32-34(25)23-12-10-9-11-22(23)29/h9-16,18H,6-8,17,19H2,1-5H3,(H,30,36)(H,31,35). The fourth-order valence-electron chi connectivity index (χ4n) is 3.60. The normalized spacial score (nSPS) is 11.2. The van der Waals surface area contributed by atoms with Gasteiger partial charge >= 0.3 is 6.03 Å². The maximum atomic E-state index is 13.2. The van der Waals surface area contributed by atoms with Crippen molar-refractivity contribution >= 4 is 35.0 Å². The quantitative estimate of drug-likeness (QED) is 0.316. The number of hydrogen-bond donors (Lipinski definition) is 2. The first-order valence-electron chi connectivity index (χ1n) is 12.6. The van der Waals surface area contributed by atoms with Gasteiger partial charge in [-0.05, 0) is 49.7 Å². The molecule has 2 aromatic carbocycles. The summed E-state index contributed by atoms with van der Waals surface area (Å²) < 4.78 is 7.09. The summed E-state index contributed by atoms with van der Waals surface area (Å²) in [5.41, 5.74) is 1.85. The molecule has 1 aromatic heterocycles. The molecule has 3 amide bonds. The Balaban J connectivity index is 1.78. The van der Waals surface area contributed by atoms with E-state index in [-0.39, 0.29) is 23.9 Å². The van der Waals surface area contributed by atoms with Gasteiger partial charge in [-0.15, -0.1) is 0 Å². The Hall–Kier alpha value is -3.52. The molecule has 0 atom stereocenters. The smallest absolute Gasteiger partial charge is 0.322 e. The van der Waals surface area contributed by atoms with E-state index in [1.54, 1.807) is 35.0 Å². The molecule has 9 heteroatoms. The van der Waals surface area contributed by atoms with Gasteiger partial charge in [0.25, 0.3) is 0 Å². The Morgan fingerprint density at radius 1 is 1.05 bits per heavy atom. The predicted molar refractivity (Wildman–Crippen MR) is 149 cm³/mol. The van der Waals surface area contributed by atoms with Gasteiger partial charge in [-0.2, -0.15) is 5.10 Å². The van der Waals surface area contributed by atoms with Crippen molar-refractivity contribution in [3.8, 4) is 11.4 Å². The Morgan fingerprint density at radius 2 is 1.76 bits per heavy atom. The number of ether oxygens (including phenoxy) is 1. The molecule has 0 spiro atoms. The molecule has 2 N–H and O–H groups in total. The molecule has 0 aliphatic heterocycles. The number of amides is 3. The van der Waals surface area contributed by atoms with Gasteiger partial charge in [0, 0.05) is 23.7 Å². The van der Waals surface area contributed by atoms with Crippen LogP contribution < -0.4 is 15.4 Å². The van der Waals surface area contributed by atoms with Gasteiger partial charge < -0.3 is 20.3 Å². The molecule has 0 aliphatic rings. The number of unbranched alkanes of at least 4 members (excludes halogenated alkanes) is 1. The maximum Gasteiger partial charge on any atom is 0.322 e. The van der Waals surface area contributed by atoms with Gasteiger partial charge in [-0.3, -0.25) is 4.79 Å². The van der Waals surface area contributed by atoms with Crippen LogP contribution in [0.3, 0.4) is 0 Å². The third-order valence-corrected chi connectivity index (χ3v) is 5.97. The van der Waals surface area contributed by atoms with Crippen LogP contribution in [0, 0.1) is 0 Å². The lowest BCUT2D eigenvalue weighted by atomic mass is 9.92. The number of para-hydroxylation sites is 1. The molecule has 1 heterocycles. The minimum atomic E-state index is -0.345. The average Bonchev–Trinajstić information content (AvgIpc) is 3.27. The summed E-state index contributed by atoms with van der Waals surface area (Å²) in [6, 6.07) is 16.0. The minimum absolute atomic E-state index is 0.110. The zero-order chi connectivity index (χ0) is 27.0. The molecule has 0 saturated carbocycles. The van der Waals surface area contributed by atoms with E-state index in [0.29, 0.717) is 35.4 Å². The molecular weight excluding hydrogens is 490 g/mol. The monoisotopic (exact) mass is 525 g/mol. The van der Waals surface area contributed by atoms with Crippen molar-refractivity contribution < 1.29 is 14.3 Å². The molecule has 37 heavy (non-hydrogen) atoms. The Bertz CT molecular complexity index is 1200. The molecule has 0 aliphatic carbocycles. The molecule has 3 aromatic rings. The molecule has 8 nitrogen and oxygen atoms in total. The highest BCUT2D eigenvalue weighted by Gasteiger charge is 2.23. The van der Waals surface area contributed by atoms with E-state index in [9.17, 15) is 9.59 Å². The number of nitrogens with zero attached hydrogens (tertiary/aromatic N) is 3. The SMILES string of the molecule is CCCCN(CC(=O)Nc1cc(C(C)(C)C)nn1-c1ccccc1Cl)C(=O)Nc1ccc(OCC)cc1. The Kier molecular flexibility index (Phi) is 9.58. The van der Waals surface area contributed by atoms with Gasteiger partial charge in [-0.25, -0.2) is 9.48 Å². The lowest BCUT2D eigenvalue weighted by Gasteiger charge is -2.22. The number of anilines is 2. The van der Waals surface area contributed by atoms with E-state index in [2.05, 4.69) is 31.4 Å². The van der Waals surface area contributed by atoms with E-state index < -0.39 is 0 Å². The third-order valence-electron chi connectivity index (χ3n) is 5.65. The summed E-state index contributed by atoms with van der Waals surface area (Å²) >= 11 is 6.44. The van der Waals surface area contributed by atoms with E-state index in [1.807, 2.05) is 38.1 Å². The molecule has 3 rings (SSSR count). The summed E-state index contributed by atoms with van der Waals surface area (Å²) in [7, 11) is 0. The highest BCUT2D eigenvalue weighted by Crippen LogP contribution is 2.29. The number of aromatic nitrogens is 2. The van der Waals surface area contributed by atoms with Crippen molar-refractivity contribution in [1.29, 1.82) is 0 Å². The third kappa shape index (κ3) is 7.73. The van der Waals surface area contributed by atoms with Crippen molar-refractivity contribution in [3.05, 3.63) is 65.3 Å². The van der Waals surface area contributed by atoms with E-state index in [0.717, 1.165) is 24.3 Å². The van der Waals surface area contributed by atoms with Crippen LogP contribution in [0.15, 0.2) is 54.6 Å². The molecule has 0 bridgehead atoms. The number of rotatable bonds is 10. The Labute approximate surface area is 223 Å². The number of carbonyl (C=O) groups excluding carboxylic acids is 2. The lowest BCUT2D eigenvalue weighted by Crippen LogP contribution is -2.41. The van der Waals surface area contributed by atoms with Gasteiger partial charge in [0.2, 0.25) is 5.91 Å². The summed E-state index contributed by atoms with van der Waals surface area (Å²) in [6.45, 7) is 11.0. The Morgan fingerprint density at radius 3 is 2.38 bits per heavy atom. The van der Waals surface area contributed by atoms with E-state index >= 15 is 0 Å². The van der Waals surface area contributed by atoms with E-state index in [4.69, 9.17) is 21.4 Å². The summed E-state index contributed by atoms with van der Waals surface area (Å²) in [4.78, 5) is 27.7. The summed E-state index contributed by atoms with van der Waals surface area (Å²) in [5.74, 6) is 0.893. The topological polar surface area (TPSA) is 88.5 Å².